The summed E-state index contributed by atoms with van der Waals surface area (Å²) in [6.07, 6.45) is -5.02. The first-order valence-corrected chi connectivity index (χ1v) is 6.48. The van der Waals surface area contributed by atoms with Gasteiger partial charge in [-0.1, -0.05) is 30.3 Å². The highest BCUT2D eigenvalue weighted by Crippen LogP contribution is 2.43. The summed E-state index contributed by atoms with van der Waals surface area (Å²) in [5.41, 5.74) is -5.01. The molecule has 2 rings (SSSR count). The maximum absolute atomic E-state index is 13.6. The van der Waals surface area contributed by atoms with Crippen LogP contribution < -0.4 is 5.32 Å². The average Bonchev–Trinajstić information content (AvgIpc) is 2.63. The smallest absolute Gasteiger partial charge is 0.389 e. The molecule has 1 unspecified atom stereocenters. The number of hydrogen-bond donors (Lipinski definition) is 2. The molecule has 0 bridgehead atoms. The summed E-state index contributed by atoms with van der Waals surface area (Å²) in [7, 11) is 0. The largest absolute Gasteiger partial charge is 0.425 e. The number of benzene rings is 1. The molecule has 0 radical (unpaired) electrons. The topological polar surface area (TPSA) is 69.6 Å². The van der Waals surface area contributed by atoms with Crippen molar-refractivity contribution in [2.75, 3.05) is 6.54 Å². The molecule has 2 N–H and O–H groups in total. The first-order valence-electron chi connectivity index (χ1n) is 6.48. The zero-order valence-corrected chi connectivity index (χ0v) is 11.9. The second-order valence-corrected chi connectivity index (χ2v) is 5.75. The minimum absolute atomic E-state index is 0.376. The number of hydrogen-bond acceptors (Lipinski definition) is 3. The molecule has 1 atom stereocenters. The van der Waals surface area contributed by atoms with Gasteiger partial charge in [-0.05, 0) is 19.4 Å². The molecule has 0 aromatic heterocycles. The van der Waals surface area contributed by atoms with Crippen LogP contribution >= 0.6 is 0 Å². The number of imide groups is 1. The van der Waals surface area contributed by atoms with Crippen LogP contribution in [0.2, 0.25) is 0 Å². The van der Waals surface area contributed by atoms with E-state index in [1.807, 2.05) is 0 Å². The maximum atomic E-state index is 13.6. The number of nitrogens with one attached hydrogen (secondary N) is 1. The number of halogens is 3. The fraction of sp³-hybridized carbons (Fsp3) is 0.429. The normalized spacial score (nSPS) is 22.9. The highest BCUT2D eigenvalue weighted by atomic mass is 19.4. The first kappa shape index (κ1) is 16.3. The van der Waals surface area contributed by atoms with E-state index in [-0.39, 0.29) is 5.56 Å². The van der Waals surface area contributed by atoms with Crippen LogP contribution in [-0.2, 0) is 10.3 Å². The van der Waals surface area contributed by atoms with E-state index in [4.69, 9.17) is 0 Å². The Balaban J connectivity index is 2.54. The lowest BCUT2D eigenvalue weighted by Gasteiger charge is -2.30. The van der Waals surface area contributed by atoms with Crippen LogP contribution in [0.4, 0.5) is 18.0 Å². The van der Waals surface area contributed by atoms with Crippen LogP contribution in [0.1, 0.15) is 19.4 Å². The van der Waals surface area contributed by atoms with Gasteiger partial charge in [-0.3, -0.25) is 9.69 Å². The number of urea groups is 1. The first-order chi connectivity index (χ1) is 9.99. The second-order valence-electron chi connectivity index (χ2n) is 5.75. The van der Waals surface area contributed by atoms with Gasteiger partial charge in [0.05, 0.1) is 12.1 Å². The third kappa shape index (κ3) is 2.54. The zero-order chi connectivity index (χ0) is 16.8. The number of carbonyl (C=O) groups excluding carboxylic acids is 2. The molecule has 0 saturated carbocycles. The number of β-amino-alcohol motifs (C(OH)–C–C–N with tert-alkyl or cyclic N) is 1. The van der Waals surface area contributed by atoms with Gasteiger partial charge in [0.2, 0.25) is 5.54 Å². The molecule has 0 aliphatic carbocycles. The van der Waals surface area contributed by atoms with Crippen molar-refractivity contribution in [2.45, 2.75) is 31.2 Å². The molecule has 1 aromatic rings. The Morgan fingerprint density at radius 2 is 1.73 bits per heavy atom. The lowest BCUT2D eigenvalue weighted by Crippen LogP contribution is -2.56. The summed E-state index contributed by atoms with van der Waals surface area (Å²) < 4.78 is 40.8. The lowest BCUT2D eigenvalue weighted by molar-refractivity contribution is -0.198. The molecule has 1 aliphatic heterocycles. The van der Waals surface area contributed by atoms with Gasteiger partial charge >= 0.3 is 12.2 Å². The molecule has 120 valence electrons. The average molecular weight is 316 g/mol. The van der Waals surface area contributed by atoms with Crippen molar-refractivity contribution in [1.29, 1.82) is 0 Å². The van der Waals surface area contributed by atoms with Gasteiger partial charge < -0.3 is 10.4 Å². The molecular weight excluding hydrogens is 301 g/mol. The van der Waals surface area contributed by atoms with E-state index in [9.17, 15) is 27.9 Å². The van der Waals surface area contributed by atoms with E-state index in [1.54, 1.807) is 5.32 Å². The highest BCUT2D eigenvalue weighted by molar-refractivity contribution is 6.08. The fourth-order valence-electron chi connectivity index (χ4n) is 2.35. The molecule has 5 nitrogen and oxygen atoms in total. The van der Waals surface area contributed by atoms with Crippen molar-refractivity contribution in [2.24, 2.45) is 0 Å². The Morgan fingerprint density at radius 3 is 2.18 bits per heavy atom. The van der Waals surface area contributed by atoms with E-state index in [2.05, 4.69) is 0 Å². The number of nitrogens with zero attached hydrogens (tertiary/aromatic N) is 1. The summed E-state index contributed by atoms with van der Waals surface area (Å²) in [4.78, 5) is 24.6. The SMILES string of the molecule is CC(C)(O)CN1C(=O)NC(c2ccccc2)(C(F)(F)F)C1=O. The monoisotopic (exact) mass is 316 g/mol. The van der Waals surface area contributed by atoms with E-state index in [0.717, 1.165) is 12.1 Å². The number of carbonyl (C=O) groups is 2. The third-order valence-corrected chi connectivity index (χ3v) is 3.28. The van der Waals surface area contributed by atoms with E-state index in [0.29, 0.717) is 4.90 Å². The minimum Gasteiger partial charge on any atom is -0.389 e. The second kappa shape index (κ2) is 4.98. The Hall–Kier alpha value is -2.09. The Kier molecular flexibility index (Phi) is 3.68. The molecule has 1 aromatic carbocycles. The van der Waals surface area contributed by atoms with Crippen molar-refractivity contribution in [3.05, 3.63) is 35.9 Å². The summed E-state index contributed by atoms with van der Waals surface area (Å²) in [5.74, 6) is -1.45. The molecule has 1 aliphatic rings. The molecule has 1 fully saturated rings. The van der Waals surface area contributed by atoms with E-state index in [1.165, 1.54) is 32.0 Å². The van der Waals surface area contributed by atoms with Crippen LogP contribution in [0.5, 0.6) is 0 Å². The lowest BCUT2D eigenvalue weighted by atomic mass is 9.89. The molecule has 8 heteroatoms. The number of aliphatic hydroxyl groups is 1. The maximum Gasteiger partial charge on any atom is 0.425 e. The van der Waals surface area contributed by atoms with Gasteiger partial charge in [0.1, 0.15) is 0 Å². The van der Waals surface area contributed by atoms with Gasteiger partial charge in [0, 0.05) is 0 Å². The van der Waals surface area contributed by atoms with Crippen molar-refractivity contribution in [1.82, 2.24) is 10.2 Å². The molecule has 1 heterocycles. The molecule has 22 heavy (non-hydrogen) atoms. The number of alkyl halides is 3. The standard InChI is InChI=1S/C14H15F3N2O3/c1-12(2,22)8-19-10(20)13(14(15,16)17,18-11(19)21)9-6-4-3-5-7-9/h3-7,22H,8H2,1-2H3,(H,18,21). The van der Waals surface area contributed by atoms with Crippen molar-refractivity contribution < 1.29 is 27.9 Å². The Morgan fingerprint density at radius 1 is 1.18 bits per heavy atom. The number of rotatable bonds is 3. The van der Waals surface area contributed by atoms with Crippen molar-refractivity contribution in [3.63, 3.8) is 0 Å². The third-order valence-electron chi connectivity index (χ3n) is 3.28. The van der Waals surface area contributed by atoms with Gasteiger partial charge in [-0.15, -0.1) is 0 Å². The van der Waals surface area contributed by atoms with Crippen LogP contribution in [0, 0.1) is 0 Å². The molecule has 0 spiro atoms. The Labute approximate surface area is 124 Å². The summed E-state index contributed by atoms with van der Waals surface area (Å²) in [6, 6.07) is 5.26. The molecule has 1 saturated heterocycles. The van der Waals surface area contributed by atoms with Crippen LogP contribution in [0.25, 0.3) is 0 Å². The predicted octanol–water partition coefficient (Wildman–Crippen LogP) is 1.77. The zero-order valence-electron chi connectivity index (χ0n) is 11.9. The van der Waals surface area contributed by atoms with Gasteiger partial charge in [0.25, 0.3) is 5.91 Å². The summed E-state index contributed by atoms with van der Waals surface area (Å²) in [5, 5.41) is 11.4. The van der Waals surface area contributed by atoms with Crippen LogP contribution in [0.15, 0.2) is 30.3 Å². The van der Waals surface area contributed by atoms with Crippen LogP contribution in [0.3, 0.4) is 0 Å². The predicted molar refractivity (Wildman–Crippen MR) is 70.7 cm³/mol. The summed E-state index contributed by atoms with van der Waals surface area (Å²) >= 11 is 0. The van der Waals surface area contributed by atoms with E-state index < -0.39 is 35.8 Å². The summed E-state index contributed by atoms with van der Waals surface area (Å²) in [6.45, 7) is 2.05. The van der Waals surface area contributed by atoms with Gasteiger partial charge in [0.15, 0.2) is 0 Å². The highest BCUT2D eigenvalue weighted by Gasteiger charge is 2.68. The minimum atomic E-state index is -5.02. The van der Waals surface area contributed by atoms with Crippen molar-refractivity contribution >= 4 is 11.9 Å². The van der Waals surface area contributed by atoms with Gasteiger partial charge in [-0.25, -0.2) is 4.79 Å². The molecular formula is C14H15F3N2O3. The van der Waals surface area contributed by atoms with Gasteiger partial charge in [-0.2, -0.15) is 13.2 Å². The van der Waals surface area contributed by atoms with Crippen molar-refractivity contribution in [3.8, 4) is 0 Å². The molecule has 3 amide bonds. The fourth-order valence-corrected chi connectivity index (χ4v) is 2.35. The quantitative estimate of drug-likeness (QED) is 0.835. The Bertz CT molecular complexity index is 596. The number of amides is 3. The van der Waals surface area contributed by atoms with Crippen LogP contribution in [-0.4, -0.2) is 40.3 Å². The van der Waals surface area contributed by atoms with E-state index >= 15 is 0 Å².